The van der Waals surface area contributed by atoms with Crippen molar-refractivity contribution in [2.75, 3.05) is 37.6 Å². The van der Waals surface area contributed by atoms with E-state index in [4.69, 9.17) is 0 Å². The third kappa shape index (κ3) is 3.35. The molecule has 2 aliphatic rings. The minimum Gasteiger partial charge on any atom is -0.338 e. The fourth-order valence-corrected chi connectivity index (χ4v) is 2.74. The highest BCUT2D eigenvalue weighted by Crippen LogP contribution is 2.26. The monoisotopic (exact) mass is 303 g/mol. The van der Waals surface area contributed by atoms with Crippen LogP contribution in [0.1, 0.15) is 19.8 Å². The zero-order chi connectivity index (χ0) is 15.5. The fourth-order valence-electron chi connectivity index (χ4n) is 2.74. The SMILES string of the molecule is CC(=O)N(CC(=O)N1CCN(c2ncccn2)CC1)C1CC1. The Labute approximate surface area is 129 Å². The van der Waals surface area contributed by atoms with Gasteiger partial charge in [-0.3, -0.25) is 9.59 Å². The number of carbonyl (C=O) groups is 2. The highest BCUT2D eigenvalue weighted by Gasteiger charge is 2.33. The van der Waals surface area contributed by atoms with E-state index in [1.807, 2.05) is 4.90 Å². The van der Waals surface area contributed by atoms with Gasteiger partial charge in [0.1, 0.15) is 0 Å². The molecule has 1 aromatic heterocycles. The molecule has 118 valence electrons. The van der Waals surface area contributed by atoms with Crippen molar-refractivity contribution in [1.82, 2.24) is 19.8 Å². The number of piperazine rings is 1. The molecule has 1 aromatic rings. The number of aromatic nitrogens is 2. The highest BCUT2D eigenvalue weighted by molar-refractivity contribution is 5.84. The normalized spacial score (nSPS) is 18.2. The summed E-state index contributed by atoms with van der Waals surface area (Å²) in [6.07, 6.45) is 5.48. The van der Waals surface area contributed by atoms with E-state index in [0.717, 1.165) is 25.9 Å². The lowest BCUT2D eigenvalue weighted by atomic mass is 10.3. The summed E-state index contributed by atoms with van der Waals surface area (Å²) in [6.45, 7) is 4.48. The Morgan fingerprint density at radius 2 is 1.82 bits per heavy atom. The Bertz CT molecular complexity index is 538. The van der Waals surface area contributed by atoms with Crippen molar-refractivity contribution in [1.29, 1.82) is 0 Å². The molecule has 22 heavy (non-hydrogen) atoms. The minimum absolute atomic E-state index is 0.00725. The quantitative estimate of drug-likeness (QED) is 0.791. The van der Waals surface area contributed by atoms with Gasteiger partial charge < -0.3 is 14.7 Å². The summed E-state index contributed by atoms with van der Waals surface area (Å²) >= 11 is 0. The Balaban J connectivity index is 1.52. The number of hydrogen-bond donors (Lipinski definition) is 0. The molecular formula is C15H21N5O2. The van der Waals surface area contributed by atoms with E-state index in [1.54, 1.807) is 23.4 Å². The second-order valence-electron chi connectivity index (χ2n) is 5.79. The van der Waals surface area contributed by atoms with E-state index in [2.05, 4.69) is 14.9 Å². The first-order valence-corrected chi connectivity index (χ1v) is 7.72. The minimum atomic E-state index is -0.00725. The van der Waals surface area contributed by atoms with Gasteiger partial charge in [0.25, 0.3) is 0 Å². The molecule has 2 heterocycles. The van der Waals surface area contributed by atoms with Crippen LogP contribution in [-0.4, -0.2) is 70.3 Å². The molecular weight excluding hydrogens is 282 g/mol. The van der Waals surface area contributed by atoms with Crippen LogP contribution in [0.15, 0.2) is 18.5 Å². The summed E-state index contributed by atoms with van der Waals surface area (Å²) in [5.74, 6) is 0.737. The van der Waals surface area contributed by atoms with Gasteiger partial charge in [-0.1, -0.05) is 0 Å². The Morgan fingerprint density at radius 3 is 2.36 bits per heavy atom. The molecule has 1 saturated heterocycles. The first-order valence-electron chi connectivity index (χ1n) is 7.72. The van der Waals surface area contributed by atoms with Crippen LogP contribution in [0.25, 0.3) is 0 Å². The van der Waals surface area contributed by atoms with Crippen LogP contribution in [0, 0.1) is 0 Å². The third-order valence-electron chi connectivity index (χ3n) is 4.17. The molecule has 1 aliphatic carbocycles. The maximum absolute atomic E-state index is 12.4. The van der Waals surface area contributed by atoms with Gasteiger partial charge in [0.15, 0.2) is 0 Å². The van der Waals surface area contributed by atoms with Crippen LogP contribution >= 0.6 is 0 Å². The van der Waals surface area contributed by atoms with Crippen molar-refractivity contribution in [3.63, 3.8) is 0 Å². The maximum Gasteiger partial charge on any atom is 0.242 e. The molecule has 0 N–H and O–H groups in total. The van der Waals surface area contributed by atoms with Gasteiger partial charge in [-0.15, -0.1) is 0 Å². The summed E-state index contributed by atoms with van der Waals surface area (Å²) in [5, 5.41) is 0. The van der Waals surface area contributed by atoms with Crippen LogP contribution in [0.4, 0.5) is 5.95 Å². The van der Waals surface area contributed by atoms with Crippen LogP contribution in [0.3, 0.4) is 0 Å². The van der Waals surface area contributed by atoms with Crippen LogP contribution in [0.2, 0.25) is 0 Å². The molecule has 3 rings (SSSR count). The van der Waals surface area contributed by atoms with Crippen molar-refractivity contribution in [2.24, 2.45) is 0 Å². The van der Waals surface area contributed by atoms with Gasteiger partial charge in [-0.05, 0) is 18.9 Å². The molecule has 1 saturated carbocycles. The molecule has 2 amide bonds. The second kappa shape index (κ2) is 6.29. The average molecular weight is 303 g/mol. The van der Waals surface area contributed by atoms with E-state index in [-0.39, 0.29) is 24.4 Å². The van der Waals surface area contributed by atoms with Crippen molar-refractivity contribution >= 4 is 17.8 Å². The molecule has 7 heteroatoms. The molecule has 0 unspecified atom stereocenters. The molecule has 0 radical (unpaired) electrons. The zero-order valence-corrected chi connectivity index (χ0v) is 12.8. The van der Waals surface area contributed by atoms with Crippen LogP contribution < -0.4 is 4.90 Å². The number of amides is 2. The highest BCUT2D eigenvalue weighted by atomic mass is 16.2. The number of carbonyl (C=O) groups excluding carboxylic acids is 2. The number of rotatable bonds is 4. The molecule has 0 spiro atoms. The molecule has 7 nitrogen and oxygen atoms in total. The van der Waals surface area contributed by atoms with E-state index in [9.17, 15) is 9.59 Å². The summed E-state index contributed by atoms with van der Waals surface area (Å²) in [4.78, 5) is 38.1. The van der Waals surface area contributed by atoms with Gasteiger partial charge in [-0.25, -0.2) is 9.97 Å². The predicted octanol–water partition coefficient (Wildman–Crippen LogP) is 0.136. The number of hydrogen-bond acceptors (Lipinski definition) is 5. The molecule has 1 aliphatic heterocycles. The van der Waals surface area contributed by atoms with Gasteiger partial charge >= 0.3 is 0 Å². The molecule has 2 fully saturated rings. The van der Waals surface area contributed by atoms with Crippen LogP contribution in [-0.2, 0) is 9.59 Å². The van der Waals surface area contributed by atoms with Crippen LogP contribution in [0.5, 0.6) is 0 Å². The van der Waals surface area contributed by atoms with E-state index in [1.165, 1.54) is 6.92 Å². The van der Waals surface area contributed by atoms with Gasteiger partial charge in [0, 0.05) is 51.5 Å². The summed E-state index contributed by atoms with van der Waals surface area (Å²) in [6, 6.07) is 2.07. The van der Waals surface area contributed by atoms with Gasteiger partial charge in [-0.2, -0.15) is 0 Å². The third-order valence-corrected chi connectivity index (χ3v) is 4.17. The largest absolute Gasteiger partial charge is 0.338 e. The lowest BCUT2D eigenvalue weighted by molar-refractivity contribution is -0.140. The smallest absolute Gasteiger partial charge is 0.242 e. The average Bonchev–Trinajstić information content (AvgIpc) is 3.38. The van der Waals surface area contributed by atoms with E-state index < -0.39 is 0 Å². The maximum atomic E-state index is 12.4. The van der Waals surface area contributed by atoms with E-state index >= 15 is 0 Å². The number of anilines is 1. The zero-order valence-electron chi connectivity index (χ0n) is 12.8. The summed E-state index contributed by atoms with van der Waals surface area (Å²) < 4.78 is 0. The Morgan fingerprint density at radius 1 is 1.18 bits per heavy atom. The summed E-state index contributed by atoms with van der Waals surface area (Å²) in [7, 11) is 0. The van der Waals surface area contributed by atoms with Crippen molar-refractivity contribution in [3.05, 3.63) is 18.5 Å². The second-order valence-corrected chi connectivity index (χ2v) is 5.79. The topological polar surface area (TPSA) is 69.6 Å². The lowest BCUT2D eigenvalue weighted by Gasteiger charge is -2.35. The molecule has 0 bridgehead atoms. The summed E-state index contributed by atoms with van der Waals surface area (Å²) in [5.41, 5.74) is 0. The first kappa shape index (κ1) is 14.7. The van der Waals surface area contributed by atoms with Gasteiger partial charge in [0.2, 0.25) is 17.8 Å². The first-order chi connectivity index (χ1) is 10.6. The molecule has 0 aromatic carbocycles. The van der Waals surface area contributed by atoms with Crippen molar-refractivity contribution in [2.45, 2.75) is 25.8 Å². The van der Waals surface area contributed by atoms with Crippen molar-refractivity contribution in [3.8, 4) is 0 Å². The standard InChI is InChI=1S/C15H21N5O2/c1-12(21)20(13-3-4-13)11-14(22)18-7-9-19(10-8-18)15-16-5-2-6-17-15/h2,5-6,13H,3-4,7-11H2,1H3. The lowest BCUT2D eigenvalue weighted by Crippen LogP contribution is -2.52. The fraction of sp³-hybridized carbons (Fsp3) is 0.600. The Kier molecular flexibility index (Phi) is 4.22. The number of nitrogens with zero attached hydrogens (tertiary/aromatic N) is 5. The van der Waals surface area contributed by atoms with Gasteiger partial charge in [0.05, 0.1) is 6.54 Å². The predicted molar refractivity (Wildman–Crippen MR) is 81.2 cm³/mol. The Hall–Kier alpha value is -2.18. The van der Waals surface area contributed by atoms with E-state index in [0.29, 0.717) is 19.0 Å². The van der Waals surface area contributed by atoms with Crippen molar-refractivity contribution < 1.29 is 9.59 Å². The molecule has 0 atom stereocenters.